The Labute approximate surface area is 114 Å². The molecule has 0 radical (unpaired) electrons. The van der Waals surface area contributed by atoms with Gasteiger partial charge in [0.1, 0.15) is 5.82 Å². The van der Waals surface area contributed by atoms with Crippen LogP contribution in [0.4, 0.5) is 14.9 Å². The van der Waals surface area contributed by atoms with E-state index in [9.17, 15) is 9.18 Å². The van der Waals surface area contributed by atoms with Crippen molar-refractivity contribution in [3.05, 3.63) is 30.1 Å². The third-order valence-corrected chi connectivity index (χ3v) is 3.00. The summed E-state index contributed by atoms with van der Waals surface area (Å²) in [5.74, 6) is -0.418. The molecule has 0 fully saturated rings. The van der Waals surface area contributed by atoms with E-state index < -0.39 is 5.82 Å². The number of unbranched alkanes of at least 4 members (excludes halogenated alkanes) is 1. The number of carbonyl (C=O) groups excluding carboxylic acids is 1. The lowest BCUT2D eigenvalue weighted by Crippen LogP contribution is -2.38. The standard InChI is InChI=1S/C15H23FN2O/c1-3-5-9-12(8-4-2)17-15(19)18-14-11-7-6-10-13(14)16/h6-7,10-12H,3-5,8-9H2,1-2H3,(H2,17,18,19). The molecule has 1 aromatic carbocycles. The minimum Gasteiger partial charge on any atom is -0.335 e. The quantitative estimate of drug-likeness (QED) is 0.758. The molecule has 1 aromatic rings. The first-order valence-electron chi connectivity index (χ1n) is 6.99. The molecule has 1 unspecified atom stereocenters. The number of anilines is 1. The molecule has 2 N–H and O–H groups in total. The zero-order valence-corrected chi connectivity index (χ0v) is 11.7. The Morgan fingerprint density at radius 1 is 1.21 bits per heavy atom. The summed E-state index contributed by atoms with van der Waals surface area (Å²) >= 11 is 0. The second-order valence-corrected chi connectivity index (χ2v) is 4.71. The van der Waals surface area contributed by atoms with Crippen molar-refractivity contribution < 1.29 is 9.18 Å². The Kier molecular flexibility index (Phi) is 6.93. The molecule has 1 rings (SSSR count). The summed E-state index contributed by atoms with van der Waals surface area (Å²) in [6, 6.07) is 6.00. The van der Waals surface area contributed by atoms with Gasteiger partial charge in [0, 0.05) is 6.04 Å². The number of carbonyl (C=O) groups is 1. The number of halogens is 1. The molecule has 0 heterocycles. The van der Waals surface area contributed by atoms with Crippen LogP contribution in [0.2, 0.25) is 0 Å². The SMILES string of the molecule is CCCCC(CCC)NC(=O)Nc1ccccc1F. The molecule has 0 aliphatic rings. The van der Waals surface area contributed by atoms with Gasteiger partial charge in [-0.3, -0.25) is 0 Å². The minimum absolute atomic E-state index is 0.164. The predicted octanol–water partition coefficient (Wildman–Crippen LogP) is 4.31. The van der Waals surface area contributed by atoms with Crippen LogP contribution in [0.25, 0.3) is 0 Å². The monoisotopic (exact) mass is 266 g/mol. The van der Waals surface area contributed by atoms with Gasteiger partial charge in [-0.2, -0.15) is 0 Å². The van der Waals surface area contributed by atoms with Gasteiger partial charge in [0.25, 0.3) is 0 Å². The maximum absolute atomic E-state index is 13.4. The van der Waals surface area contributed by atoms with E-state index in [1.807, 2.05) is 0 Å². The number of nitrogens with one attached hydrogen (secondary N) is 2. The fourth-order valence-electron chi connectivity index (χ4n) is 1.99. The summed E-state index contributed by atoms with van der Waals surface area (Å²) in [4.78, 5) is 11.8. The van der Waals surface area contributed by atoms with E-state index in [0.29, 0.717) is 0 Å². The number of rotatable bonds is 7. The number of amides is 2. The molecule has 19 heavy (non-hydrogen) atoms. The van der Waals surface area contributed by atoms with E-state index >= 15 is 0 Å². The summed E-state index contributed by atoms with van der Waals surface area (Å²) in [6.07, 6.45) is 5.13. The molecule has 0 bridgehead atoms. The van der Waals surface area contributed by atoms with Gasteiger partial charge in [-0.25, -0.2) is 9.18 Å². The highest BCUT2D eigenvalue weighted by atomic mass is 19.1. The molecule has 0 aliphatic carbocycles. The van der Waals surface area contributed by atoms with Crippen LogP contribution < -0.4 is 10.6 Å². The van der Waals surface area contributed by atoms with Crippen molar-refractivity contribution >= 4 is 11.7 Å². The highest BCUT2D eigenvalue weighted by Crippen LogP contribution is 2.13. The van der Waals surface area contributed by atoms with E-state index in [1.54, 1.807) is 18.2 Å². The first-order valence-corrected chi connectivity index (χ1v) is 6.99. The Morgan fingerprint density at radius 3 is 2.58 bits per heavy atom. The molecule has 1 atom stereocenters. The third kappa shape index (κ3) is 5.73. The molecule has 2 amide bonds. The summed E-state index contributed by atoms with van der Waals surface area (Å²) in [6.45, 7) is 4.22. The summed E-state index contributed by atoms with van der Waals surface area (Å²) in [5.41, 5.74) is 0.214. The number of hydrogen-bond donors (Lipinski definition) is 2. The Balaban J connectivity index is 2.50. The third-order valence-electron chi connectivity index (χ3n) is 3.00. The highest BCUT2D eigenvalue weighted by molar-refractivity contribution is 5.89. The molecule has 3 nitrogen and oxygen atoms in total. The zero-order valence-electron chi connectivity index (χ0n) is 11.7. The molecule has 106 valence electrons. The van der Waals surface area contributed by atoms with Crippen LogP contribution in [-0.4, -0.2) is 12.1 Å². The molecule has 0 saturated carbocycles. The Hall–Kier alpha value is -1.58. The van der Waals surface area contributed by atoms with E-state index in [2.05, 4.69) is 24.5 Å². The molecule has 0 saturated heterocycles. The van der Waals surface area contributed by atoms with Gasteiger partial charge >= 0.3 is 6.03 Å². The number of urea groups is 1. The van der Waals surface area contributed by atoms with Crippen LogP contribution in [-0.2, 0) is 0 Å². The van der Waals surface area contributed by atoms with Gasteiger partial charge in [0.05, 0.1) is 5.69 Å². The molecular formula is C15H23FN2O. The normalized spacial score (nSPS) is 11.9. The second-order valence-electron chi connectivity index (χ2n) is 4.71. The van der Waals surface area contributed by atoms with E-state index in [1.165, 1.54) is 6.07 Å². The first kappa shape index (κ1) is 15.5. The van der Waals surface area contributed by atoms with Gasteiger partial charge in [0.2, 0.25) is 0 Å². The van der Waals surface area contributed by atoms with E-state index in [0.717, 1.165) is 32.1 Å². The lowest BCUT2D eigenvalue weighted by atomic mass is 10.1. The van der Waals surface area contributed by atoms with Crippen molar-refractivity contribution in [1.29, 1.82) is 0 Å². The van der Waals surface area contributed by atoms with Gasteiger partial charge in [-0.15, -0.1) is 0 Å². The smallest absolute Gasteiger partial charge is 0.319 e. The van der Waals surface area contributed by atoms with Crippen LogP contribution in [0.15, 0.2) is 24.3 Å². The predicted molar refractivity (Wildman–Crippen MR) is 76.8 cm³/mol. The average molecular weight is 266 g/mol. The van der Waals surface area contributed by atoms with Crippen LogP contribution in [0, 0.1) is 5.82 Å². The average Bonchev–Trinajstić information content (AvgIpc) is 2.39. The molecular weight excluding hydrogens is 243 g/mol. The number of hydrogen-bond acceptors (Lipinski definition) is 1. The first-order chi connectivity index (χ1) is 9.17. The van der Waals surface area contributed by atoms with Crippen molar-refractivity contribution in [2.24, 2.45) is 0 Å². The minimum atomic E-state index is -0.418. The Morgan fingerprint density at radius 2 is 1.95 bits per heavy atom. The van der Waals surface area contributed by atoms with Gasteiger partial charge in [-0.05, 0) is 25.0 Å². The van der Waals surface area contributed by atoms with Crippen LogP contribution in [0.3, 0.4) is 0 Å². The van der Waals surface area contributed by atoms with Crippen molar-refractivity contribution in [1.82, 2.24) is 5.32 Å². The van der Waals surface area contributed by atoms with E-state index in [4.69, 9.17) is 0 Å². The van der Waals surface area contributed by atoms with Crippen LogP contribution >= 0.6 is 0 Å². The van der Waals surface area contributed by atoms with Crippen molar-refractivity contribution in [3.8, 4) is 0 Å². The van der Waals surface area contributed by atoms with E-state index in [-0.39, 0.29) is 17.8 Å². The lowest BCUT2D eigenvalue weighted by molar-refractivity contribution is 0.246. The van der Waals surface area contributed by atoms with Crippen molar-refractivity contribution in [2.75, 3.05) is 5.32 Å². The summed E-state index contributed by atoms with van der Waals surface area (Å²) in [7, 11) is 0. The molecule has 0 aromatic heterocycles. The molecule has 4 heteroatoms. The fourth-order valence-corrected chi connectivity index (χ4v) is 1.99. The zero-order chi connectivity index (χ0) is 14.1. The van der Waals surface area contributed by atoms with Crippen LogP contribution in [0.1, 0.15) is 46.0 Å². The topological polar surface area (TPSA) is 41.1 Å². The molecule has 0 aliphatic heterocycles. The van der Waals surface area contributed by atoms with Crippen molar-refractivity contribution in [2.45, 2.75) is 52.0 Å². The van der Waals surface area contributed by atoms with Gasteiger partial charge in [0.15, 0.2) is 0 Å². The summed E-state index contributed by atoms with van der Waals surface area (Å²) < 4.78 is 13.4. The second kappa shape index (κ2) is 8.51. The maximum atomic E-state index is 13.4. The highest BCUT2D eigenvalue weighted by Gasteiger charge is 2.12. The number of para-hydroxylation sites is 1. The maximum Gasteiger partial charge on any atom is 0.319 e. The van der Waals surface area contributed by atoms with Gasteiger partial charge < -0.3 is 10.6 Å². The Bertz CT molecular complexity index is 395. The van der Waals surface area contributed by atoms with Gasteiger partial charge in [-0.1, -0.05) is 45.2 Å². The van der Waals surface area contributed by atoms with Crippen LogP contribution in [0.5, 0.6) is 0 Å². The largest absolute Gasteiger partial charge is 0.335 e. The summed E-state index contributed by atoms with van der Waals surface area (Å²) in [5, 5.41) is 5.46. The number of benzene rings is 1. The lowest BCUT2D eigenvalue weighted by Gasteiger charge is -2.18. The molecule has 0 spiro atoms. The van der Waals surface area contributed by atoms with Crippen molar-refractivity contribution in [3.63, 3.8) is 0 Å². The fraction of sp³-hybridized carbons (Fsp3) is 0.533.